The molecule has 0 spiro atoms. The minimum Gasteiger partial charge on any atom is -0.467 e. The normalized spacial score (nSPS) is 18.4. The third-order valence-electron chi connectivity index (χ3n) is 4.63. The van der Waals surface area contributed by atoms with Crippen LogP contribution >= 0.6 is 0 Å². The predicted molar refractivity (Wildman–Crippen MR) is 87.9 cm³/mol. The summed E-state index contributed by atoms with van der Waals surface area (Å²) in [6.07, 6.45) is 5.33. The first-order chi connectivity index (χ1) is 11.5. The monoisotopic (exact) mass is 331 g/mol. The number of nitrogens with zero attached hydrogens (tertiary/aromatic N) is 3. The van der Waals surface area contributed by atoms with Gasteiger partial charge in [-0.15, -0.1) is 0 Å². The van der Waals surface area contributed by atoms with E-state index in [1.165, 1.54) is 24.7 Å². The van der Waals surface area contributed by atoms with Gasteiger partial charge in [0, 0.05) is 26.7 Å². The summed E-state index contributed by atoms with van der Waals surface area (Å²) in [5, 5.41) is 0. The molecule has 1 saturated heterocycles. The Morgan fingerprint density at radius 3 is 2.67 bits per heavy atom. The van der Waals surface area contributed by atoms with Gasteiger partial charge in [-0.25, -0.2) is 4.79 Å². The molecular weight excluding hydrogens is 310 g/mol. The summed E-state index contributed by atoms with van der Waals surface area (Å²) < 4.78 is 7.73. The van der Waals surface area contributed by atoms with Crippen LogP contribution in [0.1, 0.15) is 48.0 Å². The molecule has 0 radical (unpaired) electrons. The molecule has 0 saturated carbocycles. The Morgan fingerprint density at radius 1 is 1.17 bits per heavy atom. The Morgan fingerprint density at radius 2 is 1.96 bits per heavy atom. The zero-order valence-electron chi connectivity index (χ0n) is 13.9. The van der Waals surface area contributed by atoms with Crippen LogP contribution < -0.4 is 11.2 Å². The third-order valence-corrected chi connectivity index (χ3v) is 4.63. The molecule has 1 fully saturated rings. The van der Waals surface area contributed by atoms with E-state index < -0.39 is 11.2 Å². The van der Waals surface area contributed by atoms with Gasteiger partial charge >= 0.3 is 5.69 Å². The van der Waals surface area contributed by atoms with Crippen LogP contribution in [0.3, 0.4) is 0 Å². The van der Waals surface area contributed by atoms with Crippen LogP contribution in [0.4, 0.5) is 0 Å². The molecule has 128 valence electrons. The van der Waals surface area contributed by atoms with Crippen LogP contribution in [0.5, 0.6) is 0 Å². The molecule has 2 aromatic heterocycles. The lowest BCUT2D eigenvalue weighted by Gasteiger charge is -2.29. The summed E-state index contributed by atoms with van der Waals surface area (Å²) in [6, 6.07) is 4.72. The second-order valence-electron chi connectivity index (χ2n) is 6.15. The maximum atomic E-state index is 13.1. The van der Waals surface area contributed by atoms with Crippen LogP contribution in [0, 0.1) is 0 Å². The topological polar surface area (TPSA) is 77.5 Å². The van der Waals surface area contributed by atoms with E-state index in [4.69, 9.17) is 4.42 Å². The molecule has 1 amide bonds. The molecule has 1 aliphatic heterocycles. The quantitative estimate of drug-likeness (QED) is 0.834. The van der Waals surface area contributed by atoms with Gasteiger partial charge in [-0.1, -0.05) is 12.8 Å². The molecule has 0 aliphatic carbocycles. The highest BCUT2D eigenvalue weighted by atomic mass is 16.3. The number of carbonyl (C=O) groups is 1. The van der Waals surface area contributed by atoms with Crippen molar-refractivity contribution in [2.24, 2.45) is 14.1 Å². The van der Waals surface area contributed by atoms with Crippen molar-refractivity contribution in [1.29, 1.82) is 0 Å². The van der Waals surface area contributed by atoms with E-state index in [0.717, 1.165) is 36.0 Å². The average Bonchev–Trinajstić information content (AvgIpc) is 3.00. The first kappa shape index (κ1) is 16.3. The van der Waals surface area contributed by atoms with Gasteiger partial charge in [-0.3, -0.25) is 18.7 Å². The van der Waals surface area contributed by atoms with E-state index in [-0.39, 0.29) is 17.6 Å². The number of hydrogen-bond donors (Lipinski definition) is 0. The van der Waals surface area contributed by atoms with Gasteiger partial charge in [-0.2, -0.15) is 0 Å². The van der Waals surface area contributed by atoms with Gasteiger partial charge in [0.25, 0.3) is 11.5 Å². The lowest BCUT2D eigenvalue weighted by atomic mass is 10.1. The molecule has 7 heteroatoms. The zero-order valence-corrected chi connectivity index (χ0v) is 13.9. The molecule has 24 heavy (non-hydrogen) atoms. The highest BCUT2D eigenvalue weighted by molar-refractivity contribution is 5.92. The summed E-state index contributed by atoms with van der Waals surface area (Å²) in [5.74, 6) is 0.426. The molecule has 2 aromatic rings. The minimum absolute atomic E-state index is 0.113. The minimum atomic E-state index is -0.504. The van der Waals surface area contributed by atoms with Crippen molar-refractivity contribution in [2.45, 2.75) is 31.7 Å². The predicted octanol–water partition coefficient (Wildman–Crippen LogP) is 1.43. The van der Waals surface area contributed by atoms with Gasteiger partial charge in [-0.05, 0) is 25.0 Å². The fraction of sp³-hybridized carbons (Fsp3) is 0.471. The fourth-order valence-corrected chi connectivity index (χ4v) is 3.21. The number of carbonyl (C=O) groups excluding carboxylic acids is 1. The molecule has 0 N–H and O–H groups in total. The first-order valence-electron chi connectivity index (χ1n) is 8.12. The van der Waals surface area contributed by atoms with Crippen molar-refractivity contribution in [1.82, 2.24) is 14.0 Å². The van der Waals surface area contributed by atoms with Gasteiger partial charge in [0.1, 0.15) is 11.5 Å². The fourth-order valence-electron chi connectivity index (χ4n) is 3.21. The summed E-state index contributed by atoms with van der Waals surface area (Å²) in [5.41, 5.74) is -0.873. The SMILES string of the molecule is Cn1c(C(=O)N2CCCCCC2c2ccco2)cc(=O)n(C)c1=O. The third kappa shape index (κ3) is 2.81. The number of rotatable bonds is 2. The maximum Gasteiger partial charge on any atom is 0.331 e. The lowest BCUT2D eigenvalue weighted by molar-refractivity contribution is 0.0646. The molecule has 1 aliphatic rings. The summed E-state index contributed by atoms with van der Waals surface area (Å²) in [4.78, 5) is 38.8. The summed E-state index contributed by atoms with van der Waals surface area (Å²) in [6.45, 7) is 0.577. The highest BCUT2D eigenvalue weighted by Crippen LogP contribution is 2.31. The largest absolute Gasteiger partial charge is 0.467 e. The van der Waals surface area contributed by atoms with Crippen LogP contribution in [-0.2, 0) is 14.1 Å². The van der Waals surface area contributed by atoms with Gasteiger partial charge in [0.05, 0.1) is 12.3 Å². The lowest BCUT2D eigenvalue weighted by Crippen LogP contribution is -2.43. The molecule has 1 atom stereocenters. The Labute approximate surface area is 139 Å². The van der Waals surface area contributed by atoms with E-state index in [1.807, 2.05) is 6.07 Å². The Hall–Kier alpha value is -2.57. The van der Waals surface area contributed by atoms with E-state index in [1.54, 1.807) is 17.2 Å². The smallest absolute Gasteiger partial charge is 0.331 e. The molecule has 3 rings (SSSR count). The standard InChI is InChI=1S/C17H21N3O4/c1-18-13(11-15(21)19(2)17(18)23)16(22)20-9-5-3-4-7-12(20)14-8-6-10-24-14/h6,8,10-12H,3-5,7,9H2,1-2H3. The van der Waals surface area contributed by atoms with Gasteiger partial charge in [0.2, 0.25) is 0 Å². The number of aromatic nitrogens is 2. The number of furan rings is 1. The van der Waals surface area contributed by atoms with Crippen LogP contribution in [0.15, 0.2) is 38.5 Å². The number of likely N-dealkylation sites (tertiary alicyclic amines) is 1. The molecule has 0 aromatic carbocycles. The zero-order chi connectivity index (χ0) is 17.3. The van der Waals surface area contributed by atoms with Crippen molar-refractivity contribution in [3.8, 4) is 0 Å². The molecule has 3 heterocycles. The van der Waals surface area contributed by atoms with Crippen molar-refractivity contribution in [3.05, 3.63) is 56.8 Å². The van der Waals surface area contributed by atoms with Crippen LogP contribution in [0.25, 0.3) is 0 Å². The maximum absolute atomic E-state index is 13.1. The van der Waals surface area contributed by atoms with Crippen molar-refractivity contribution in [2.75, 3.05) is 6.54 Å². The van der Waals surface area contributed by atoms with Crippen LogP contribution in [-0.4, -0.2) is 26.5 Å². The van der Waals surface area contributed by atoms with E-state index in [2.05, 4.69) is 0 Å². The number of hydrogen-bond acceptors (Lipinski definition) is 4. The summed E-state index contributed by atoms with van der Waals surface area (Å²) in [7, 11) is 2.91. The van der Waals surface area contributed by atoms with Gasteiger partial charge < -0.3 is 9.32 Å². The molecule has 7 nitrogen and oxygen atoms in total. The summed E-state index contributed by atoms with van der Waals surface area (Å²) >= 11 is 0. The second-order valence-corrected chi connectivity index (χ2v) is 6.15. The Bertz CT molecular complexity index is 848. The molecular formula is C17H21N3O4. The van der Waals surface area contributed by atoms with Crippen molar-refractivity contribution >= 4 is 5.91 Å². The van der Waals surface area contributed by atoms with Crippen molar-refractivity contribution in [3.63, 3.8) is 0 Å². The Kier molecular flexibility index (Phi) is 4.42. The first-order valence-corrected chi connectivity index (χ1v) is 8.12. The van der Waals surface area contributed by atoms with Crippen molar-refractivity contribution < 1.29 is 9.21 Å². The van der Waals surface area contributed by atoms with Gasteiger partial charge in [0.15, 0.2) is 0 Å². The average molecular weight is 331 g/mol. The number of amides is 1. The van der Waals surface area contributed by atoms with E-state index in [9.17, 15) is 14.4 Å². The highest BCUT2D eigenvalue weighted by Gasteiger charge is 2.30. The van der Waals surface area contributed by atoms with E-state index in [0.29, 0.717) is 6.54 Å². The van der Waals surface area contributed by atoms with Crippen LogP contribution in [0.2, 0.25) is 0 Å². The Balaban J connectivity index is 2.04. The second kappa shape index (κ2) is 6.51. The molecule has 0 bridgehead atoms. The van der Waals surface area contributed by atoms with E-state index >= 15 is 0 Å². The molecule has 1 unspecified atom stereocenters.